The molecule has 0 fully saturated rings. The maximum absolute atomic E-state index is 15.0. The zero-order valence-electron chi connectivity index (χ0n) is 24.1. The van der Waals surface area contributed by atoms with Crippen LogP contribution >= 0.6 is 11.6 Å². The number of amides is 3. The Morgan fingerprint density at radius 1 is 1.00 bits per heavy atom. The number of ether oxygens (including phenoxy) is 2. The van der Waals surface area contributed by atoms with Gasteiger partial charge >= 0.3 is 12.1 Å². The van der Waals surface area contributed by atoms with Crippen molar-refractivity contribution in [2.45, 2.75) is 12.5 Å². The van der Waals surface area contributed by atoms with Gasteiger partial charge in [-0.1, -0.05) is 23.7 Å². The van der Waals surface area contributed by atoms with Crippen LogP contribution in [0, 0.1) is 5.82 Å². The van der Waals surface area contributed by atoms with Gasteiger partial charge in [-0.2, -0.15) is 4.68 Å². The van der Waals surface area contributed by atoms with Gasteiger partial charge in [-0.05, 0) is 70.6 Å². The SMILES string of the molecule is COCCOC(=O)Nc1ccc(CC(NC(=O)/C=C/c2c(-n3cnnn3)ccc(Cl)c2F)C(=O)Nc2ccc(C(=O)O)cc2)cc1. The van der Waals surface area contributed by atoms with Crippen molar-refractivity contribution in [2.75, 3.05) is 31.0 Å². The molecule has 0 saturated carbocycles. The molecule has 0 aliphatic rings. The lowest BCUT2D eigenvalue weighted by molar-refractivity contribution is -0.123. The van der Waals surface area contributed by atoms with Gasteiger partial charge in [-0.25, -0.2) is 14.0 Å². The first-order valence-corrected chi connectivity index (χ1v) is 13.9. The summed E-state index contributed by atoms with van der Waals surface area (Å²) in [7, 11) is 1.48. The quantitative estimate of drug-likeness (QED) is 0.123. The average Bonchev–Trinajstić information content (AvgIpc) is 3.57. The number of nitrogens with zero attached hydrogens (tertiary/aromatic N) is 4. The average molecular weight is 652 g/mol. The number of rotatable bonds is 13. The summed E-state index contributed by atoms with van der Waals surface area (Å²) >= 11 is 5.96. The van der Waals surface area contributed by atoms with E-state index in [1.165, 1.54) is 60.6 Å². The lowest BCUT2D eigenvalue weighted by Gasteiger charge is -2.18. The van der Waals surface area contributed by atoms with Crippen LogP contribution in [-0.4, -0.2) is 75.6 Å². The third kappa shape index (κ3) is 9.17. The molecular weight excluding hydrogens is 625 g/mol. The van der Waals surface area contributed by atoms with Gasteiger partial charge in [0, 0.05) is 36.5 Å². The van der Waals surface area contributed by atoms with Crippen LogP contribution in [0.15, 0.2) is 73.1 Å². The minimum atomic E-state index is -1.14. The van der Waals surface area contributed by atoms with Crippen molar-refractivity contribution >= 4 is 52.9 Å². The van der Waals surface area contributed by atoms with Crippen LogP contribution in [0.4, 0.5) is 20.6 Å². The molecule has 0 aliphatic carbocycles. The van der Waals surface area contributed by atoms with Crippen molar-refractivity contribution in [1.29, 1.82) is 0 Å². The largest absolute Gasteiger partial charge is 0.478 e. The van der Waals surface area contributed by atoms with Crippen molar-refractivity contribution in [3.8, 4) is 5.69 Å². The monoisotopic (exact) mass is 651 g/mol. The molecule has 3 aromatic carbocycles. The van der Waals surface area contributed by atoms with Crippen LogP contribution < -0.4 is 16.0 Å². The molecule has 4 N–H and O–H groups in total. The summed E-state index contributed by atoms with van der Waals surface area (Å²) in [6, 6.07) is 13.6. The molecule has 4 rings (SSSR count). The molecule has 1 aromatic heterocycles. The van der Waals surface area contributed by atoms with Crippen LogP contribution in [0.1, 0.15) is 21.5 Å². The van der Waals surface area contributed by atoms with E-state index in [-0.39, 0.29) is 41.5 Å². The van der Waals surface area contributed by atoms with Crippen molar-refractivity contribution < 1.29 is 38.1 Å². The van der Waals surface area contributed by atoms with Gasteiger partial charge in [0.25, 0.3) is 0 Å². The van der Waals surface area contributed by atoms with Gasteiger partial charge in [0.15, 0.2) is 5.82 Å². The lowest BCUT2D eigenvalue weighted by Crippen LogP contribution is -2.44. The first-order valence-electron chi connectivity index (χ1n) is 13.5. The smallest absolute Gasteiger partial charge is 0.411 e. The minimum absolute atomic E-state index is 0.0125. The summed E-state index contributed by atoms with van der Waals surface area (Å²) < 4.78 is 26.0. The summed E-state index contributed by atoms with van der Waals surface area (Å²) in [4.78, 5) is 49.5. The lowest BCUT2D eigenvalue weighted by atomic mass is 10.0. The number of aromatic carboxylic acids is 1. The van der Waals surface area contributed by atoms with Crippen molar-refractivity contribution in [3.63, 3.8) is 0 Å². The summed E-state index contributed by atoms with van der Waals surface area (Å²) in [5.41, 5.74) is 1.51. The molecule has 1 heterocycles. The number of tetrazole rings is 1. The van der Waals surface area contributed by atoms with E-state index in [2.05, 4.69) is 31.5 Å². The van der Waals surface area contributed by atoms with E-state index in [0.717, 1.165) is 6.08 Å². The normalized spacial score (nSPS) is 11.5. The highest BCUT2D eigenvalue weighted by molar-refractivity contribution is 6.31. The van der Waals surface area contributed by atoms with Crippen molar-refractivity contribution in [3.05, 3.63) is 101 Å². The highest BCUT2D eigenvalue weighted by atomic mass is 35.5. The van der Waals surface area contributed by atoms with Gasteiger partial charge in [0.1, 0.15) is 19.0 Å². The number of nitrogens with one attached hydrogen (secondary N) is 3. The Labute approximate surface area is 266 Å². The molecule has 0 spiro atoms. The first-order chi connectivity index (χ1) is 22.1. The number of carboxylic acid groups (broad SMARTS) is 1. The van der Waals surface area contributed by atoms with Gasteiger partial charge < -0.3 is 25.2 Å². The number of carbonyl (C=O) groups excluding carboxylic acids is 3. The molecule has 1 unspecified atom stereocenters. The summed E-state index contributed by atoms with van der Waals surface area (Å²) in [6.07, 6.45) is 2.80. The molecule has 0 aliphatic heterocycles. The maximum atomic E-state index is 15.0. The third-order valence-corrected chi connectivity index (χ3v) is 6.59. The van der Waals surface area contributed by atoms with E-state index < -0.39 is 35.7 Å². The van der Waals surface area contributed by atoms with E-state index in [9.17, 15) is 23.6 Å². The number of halogens is 2. The van der Waals surface area contributed by atoms with E-state index in [1.807, 2.05) is 0 Å². The van der Waals surface area contributed by atoms with Gasteiger partial charge in [-0.15, -0.1) is 5.10 Å². The summed E-state index contributed by atoms with van der Waals surface area (Å²) in [5.74, 6) is -3.29. The zero-order chi connectivity index (χ0) is 33.1. The molecule has 1 atom stereocenters. The third-order valence-electron chi connectivity index (χ3n) is 6.30. The molecule has 4 aromatic rings. The molecule has 14 nitrogen and oxygen atoms in total. The Morgan fingerprint density at radius 2 is 1.70 bits per heavy atom. The van der Waals surface area contributed by atoms with E-state index in [0.29, 0.717) is 16.9 Å². The standard InChI is InChI=1S/C30H27ClFN7O7/c1-45-14-15-46-30(44)35-21-6-2-18(3-7-21)16-24(28(41)34-20-8-4-19(5-9-20)29(42)43)36-26(40)13-10-22-25(39-17-33-37-38-39)12-11-23(31)27(22)32/h2-13,17,24H,14-16H2,1H3,(H,34,41)(H,35,44)(H,36,40)(H,42,43)/b13-10+. The van der Waals surface area contributed by atoms with Gasteiger partial charge in [0.05, 0.1) is 22.9 Å². The Balaban J connectivity index is 1.52. The molecule has 0 radical (unpaired) electrons. The van der Waals surface area contributed by atoms with E-state index >= 15 is 0 Å². The second-order valence-corrected chi connectivity index (χ2v) is 9.88. The molecule has 0 saturated heterocycles. The number of methoxy groups -OCH3 is 1. The summed E-state index contributed by atoms with van der Waals surface area (Å²) in [5, 5.41) is 27.6. The van der Waals surface area contributed by atoms with Crippen LogP contribution in [-0.2, 0) is 25.5 Å². The molecule has 3 amide bonds. The number of carboxylic acids is 1. The van der Waals surface area contributed by atoms with Gasteiger partial charge in [0.2, 0.25) is 11.8 Å². The Hall–Kier alpha value is -5.67. The molecular formula is C30H27ClFN7O7. The number of aromatic nitrogens is 4. The number of hydrogen-bond acceptors (Lipinski definition) is 9. The van der Waals surface area contributed by atoms with Crippen LogP contribution in [0.5, 0.6) is 0 Å². The Kier molecular flexibility index (Phi) is 11.5. The van der Waals surface area contributed by atoms with Crippen molar-refractivity contribution in [2.24, 2.45) is 0 Å². The molecule has 238 valence electrons. The molecule has 16 heteroatoms. The number of benzene rings is 3. The maximum Gasteiger partial charge on any atom is 0.411 e. The Morgan fingerprint density at radius 3 is 2.35 bits per heavy atom. The van der Waals surface area contributed by atoms with Crippen LogP contribution in [0.3, 0.4) is 0 Å². The number of anilines is 2. The van der Waals surface area contributed by atoms with Gasteiger partial charge in [-0.3, -0.25) is 14.9 Å². The first kappa shape index (κ1) is 33.2. The number of carbonyl (C=O) groups is 4. The fraction of sp³-hybridized carbons (Fsp3) is 0.167. The van der Waals surface area contributed by atoms with Crippen molar-refractivity contribution in [1.82, 2.24) is 25.5 Å². The number of hydrogen-bond donors (Lipinski definition) is 4. The Bertz CT molecular complexity index is 1720. The summed E-state index contributed by atoms with van der Waals surface area (Å²) in [6.45, 7) is 0.322. The van der Waals surface area contributed by atoms with Crippen LogP contribution in [0.2, 0.25) is 5.02 Å². The predicted molar refractivity (Wildman–Crippen MR) is 164 cm³/mol. The molecule has 0 bridgehead atoms. The highest BCUT2D eigenvalue weighted by Gasteiger charge is 2.22. The fourth-order valence-electron chi connectivity index (χ4n) is 4.03. The van der Waals surface area contributed by atoms with E-state index in [1.54, 1.807) is 24.3 Å². The molecule has 46 heavy (non-hydrogen) atoms. The minimum Gasteiger partial charge on any atom is -0.478 e. The highest BCUT2D eigenvalue weighted by Crippen LogP contribution is 2.25. The zero-order valence-corrected chi connectivity index (χ0v) is 24.9. The predicted octanol–water partition coefficient (Wildman–Crippen LogP) is 3.73. The van der Waals surface area contributed by atoms with Crippen LogP contribution in [0.25, 0.3) is 11.8 Å². The topological polar surface area (TPSA) is 187 Å². The van der Waals surface area contributed by atoms with E-state index in [4.69, 9.17) is 26.2 Å². The second kappa shape index (κ2) is 15.9. The second-order valence-electron chi connectivity index (χ2n) is 9.47. The fourth-order valence-corrected chi connectivity index (χ4v) is 4.20.